The third-order valence-corrected chi connectivity index (χ3v) is 7.19. The number of nitrogens with zero attached hydrogens (tertiary/aromatic N) is 6. The van der Waals surface area contributed by atoms with E-state index in [0.717, 1.165) is 33.6 Å². The van der Waals surface area contributed by atoms with Gasteiger partial charge in [-0.15, -0.1) is 11.3 Å². The fourth-order valence-corrected chi connectivity index (χ4v) is 5.24. The van der Waals surface area contributed by atoms with Gasteiger partial charge in [0, 0.05) is 45.3 Å². The number of fused-ring (bicyclic) bond motifs is 1. The Bertz CT molecular complexity index is 697. The van der Waals surface area contributed by atoms with Crippen molar-refractivity contribution in [3.63, 3.8) is 0 Å². The first-order valence-corrected chi connectivity index (χ1v) is 10.7. The first kappa shape index (κ1) is 16.5. The number of thioether (sulfide) groups is 1. The molecule has 2 aliphatic heterocycles. The van der Waals surface area contributed by atoms with Crippen molar-refractivity contribution in [2.75, 3.05) is 57.0 Å². The highest BCUT2D eigenvalue weighted by atomic mass is 32.2. The first-order chi connectivity index (χ1) is 11.8. The minimum atomic E-state index is 0.655. The molecule has 130 valence electrons. The second-order valence-corrected chi connectivity index (χ2v) is 8.45. The van der Waals surface area contributed by atoms with Crippen LogP contribution >= 0.6 is 23.1 Å². The molecule has 8 heteroatoms. The molecular weight excluding hydrogens is 340 g/mol. The number of aromatic nitrogens is 3. The molecule has 24 heavy (non-hydrogen) atoms. The summed E-state index contributed by atoms with van der Waals surface area (Å²) in [5.41, 5.74) is 0.842. The predicted octanol–water partition coefficient (Wildman–Crippen LogP) is 2.02. The molecule has 0 amide bonds. The molecule has 0 N–H and O–H groups in total. The first-order valence-electron chi connectivity index (χ1n) is 8.65. The second-order valence-electron chi connectivity index (χ2n) is 6.39. The summed E-state index contributed by atoms with van der Waals surface area (Å²) in [5, 5.41) is 0. The van der Waals surface area contributed by atoms with E-state index < -0.39 is 0 Å². The van der Waals surface area contributed by atoms with Crippen molar-refractivity contribution in [1.82, 2.24) is 24.8 Å². The van der Waals surface area contributed by atoms with E-state index >= 15 is 0 Å². The standard InChI is InChI=1S/C16H24N6S2/c1-3-20-6-8-21(9-7-20)12-4-5-22(10-12)15-13-14(17-11-18-15)19-16(23-2)24-13/h11-12H,3-10H2,1-2H3. The van der Waals surface area contributed by atoms with E-state index in [2.05, 4.69) is 42.8 Å². The topological polar surface area (TPSA) is 48.4 Å². The largest absolute Gasteiger partial charge is 0.354 e. The molecule has 0 aliphatic carbocycles. The number of anilines is 1. The van der Waals surface area contributed by atoms with Crippen molar-refractivity contribution in [1.29, 1.82) is 0 Å². The summed E-state index contributed by atoms with van der Waals surface area (Å²) in [5.74, 6) is 1.08. The van der Waals surface area contributed by atoms with Gasteiger partial charge in [-0.3, -0.25) is 4.90 Å². The third kappa shape index (κ3) is 3.12. The molecular formula is C16H24N6S2. The summed E-state index contributed by atoms with van der Waals surface area (Å²) < 4.78 is 2.21. The highest BCUT2D eigenvalue weighted by molar-refractivity contribution is 8.00. The molecule has 2 aromatic heterocycles. The second kappa shape index (κ2) is 7.11. The Morgan fingerprint density at radius 3 is 2.79 bits per heavy atom. The summed E-state index contributed by atoms with van der Waals surface area (Å²) in [6, 6.07) is 0.655. The average molecular weight is 365 g/mol. The van der Waals surface area contributed by atoms with Crippen LogP contribution in [-0.2, 0) is 0 Å². The molecule has 4 heterocycles. The fraction of sp³-hybridized carbons (Fsp3) is 0.688. The normalized spacial score (nSPS) is 23.4. The lowest BCUT2D eigenvalue weighted by Gasteiger charge is -2.37. The summed E-state index contributed by atoms with van der Waals surface area (Å²) in [4.78, 5) is 21.2. The number of rotatable bonds is 4. The van der Waals surface area contributed by atoms with Crippen LogP contribution in [0.1, 0.15) is 13.3 Å². The molecule has 2 aromatic rings. The van der Waals surface area contributed by atoms with Crippen molar-refractivity contribution in [3.05, 3.63) is 6.33 Å². The molecule has 2 aliphatic rings. The van der Waals surface area contributed by atoms with Gasteiger partial charge in [-0.25, -0.2) is 15.0 Å². The number of likely N-dealkylation sites (N-methyl/N-ethyl adjacent to an activating group) is 1. The monoisotopic (exact) mass is 364 g/mol. The molecule has 4 rings (SSSR count). The lowest BCUT2D eigenvalue weighted by atomic mass is 10.2. The molecule has 2 saturated heterocycles. The van der Waals surface area contributed by atoms with Crippen molar-refractivity contribution >= 4 is 39.3 Å². The quantitative estimate of drug-likeness (QED) is 0.769. The van der Waals surface area contributed by atoms with Gasteiger partial charge in [-0.1, -0.05) is 18.7 Å². The minimum Gasteiger partial charge on any atom is -0.354 e. The fourth-order valence-electron chi connectivity index (χ4n) is 3.71. The maximum atomic E-state index is 4.59. The highest BCUT2D eigenvalue weighted by Crippen LogP contribution is 2.34. The van der Waals surface area contributed by atoms with Gasteiger partial charge >= 0.3 is 0 Å². The maximum Gasteiger partial charge on any atom is 0.176 e. The van der Waals surface area contributed by atoms with E-state index in [0.29, 0.717) is 6.04 Å². The Balaban J connectivity index is 1.48. The van der Waals surface area contributed by atoms with Crippen LogP contribution < -0.4 is 4.90 Å². The molecule has 0 bridgehead atoms. The molecule has 0 saturated carbocycles. The lowest BCUT2D eigenvalue weighted by molar-refractivity contribution is 0.107. The number of hydrogen-bond donors (Lipinski definition) is 0. The van der Waals surface area contributed by atoms with Gasteiger partial charge in [0.25, 0.3) is 0 Å². The smallest absolute Gasteiger partial charge is 0.176 e. The molecule has 1 unspecified atom stereocenters. The highest BCUT2D eigenvalue weighted by Gasteiger charge is 2.31. The number of hydrogen-bond acceptors (Lipinski definition) is 8. The van der Waals surface area contributed by atoms with Gasteiger partial charge in [0.1, 0.15) is 11.0 Å². The third-order valence-electron chi connectivity index (χ3n) is 5.16. The zero-order valence-corrected chi connectivity index (χ0v) is 15.9. The van der Waals surface area contributed by atoms with Gasteiger partial charge in [0.15, 0.2) is 15.8 Å². The Kier molecular flexibility index (Phi) is 4.89. The summed E-state index contributed by atoms with van der Waals surface area (Å²) in [6.45, 7) is 10.4. The predicted molar refractivity (Wildman–Crippen MR) is 101 cm³/mol. The summed E-state index contributed by atoms with van der Waals surface area (Å²) in [7, 11) is 0. The average Bonchev–Trinajstić information content (AvgIpc) is 3.28. The Hall–Kier alpha value is -0.960. The molecule has 2 fully saturated rings. The van der Waals surface area contributed by atoms with Crippen molar-refractivity contribution in [2.45, 2.75) is 23.7 Å². The maximum absolute atomic E-state index is 4.59. The van der Waals surface area contributed by atoms with Crippen LogP contribution in [0.5, 0.6) is 0 Å². The van der Waals surface area contributed by atoms with Crippen LogP contribution in [0.4, 0.5) is 5.82 Å². The molecule has 6 nitrogen and oxygen atoms in total. The summed E-state index contributed by atoms with van der Waals surface area (Å²) >= 11 is 3.40. The minimum absolute atomic E-state index is 0.655. The van der Waals surface area contributed by atoms with Crippen LogP contribution in [0, 0.1) is 0 Å². The van der Waals surface area contributed by atoms with Crippen LogP contribution in [0.2, 0.25) is 0 Å². The van der Waals surface area contributed by atoms with E-state index in [1.165, 1.54) is 39.1 Å². The van der Waals surface area contributed by atoms with E-state index in [9.17, 15) is 0 Å². The van der Waals surface area contributed by atoms with Gasteiger partial charge in [-0.05, 0) is 19.2 Å². The number of thiazole rings is 1. The lowest BCUT2D eigenvalue weighted by Crippen LogP contribution is -2.50. The van der Waals surface area contributed by atoms with Crippen molar-refractivity contribution in [2.24, 2.45) is 0 Å². The van der Waals surface area contributed by atoms with E-state index in [-0.39, 0.29) is 0 Å². The van der Waals surface area contributed by atoms with Gasteiger partial charge in [0.2, 0.25) is 0 Å². The molecule has 0 aromatic carbocycles. The van der Waals surface area contributed by atoms with Crippen LogP contribution in [0.3, 0.4) is 0 Å². The van der Waals surface area contributed by atoms with Crippen molar-refractivity contribution < 1.29 is 0 Å². The van der Waals surface area contributed by atoms with Gasteiger partial charge < -0.3 is 9.80 Å². The van der Waals surface area contributed by atoms with Gasteiger partial charge in [0.05, 0.1) is 0 Å². The van der Waals surface area contributed by atoms with E-state index in [4.69, 9.17) is 0 Å². The van der Waals surface area contributed by atoms with Crippen molar-refractivity contribution in [3.8, 4) is 0 Å². The van der Waals surface area contributed by atoms with E-state index in [1.807, 2.05) is 0 Å². The number of piperazine rings is 1. The zero-order chi connectivity index (χ0) is 16.5. The molecule has 0 radical (unpaired) electrons. The molecule has 0 spiro atoms. The Morgan fingerprint density at radius 2 is 2.04 bits per heavy atom. The summed E-state index contributed by atoms with van der Waals surface area (Å²) in [6.07, 6.45) is 4.95. The van der Waals surface area contributed by atoms with Crippen LogP contribution in [0.25, 0.3) is 10.3 Å². The van der Waals surface area contributed by atoms with Gasteiger partial charge in [-0.2, -0.15) is 0 Å². The SMILES string of the molecule is CCN1CCN(C2CCN(c3ncnc4nc(SC)sc34)C2)CC1. The van der Waals surface area contributed by atoms with Crippen LogP contribution in [-0.4, -0.2) is 82.9 Å². The zero-order valence-electron chi connectivity index (χ0n) is 14.3. The Labute approximate surface area is 151 Å². The molecule has 1 atom stereocenters. The van der Waals surface area contributed by atoms with Crippen LogP contribution in [0.15, 0.2) is 10.7 Å². The van der Waals surface area contributed by atoms with E-state index in [1.54, 1.807) is 29.4 Å². The Morgan fingerprint density at radius 1 is 1.21 bits per heavy atom.